The Hall–Kier alpha value is -0.630. The number of carbonyl (C=O) groups excluding carboxylic acids is 1. The van der Waals surface area contributed by atoms with Crippen LogP contribution in [-0.4, -0.2) is 21.5 Å². The van der Waals surface area contributed by atoms with Gasteiger partial charge in [0.15, 0.2) is 0 Å². The van der Waals surface area contributed by atoms with Crippen molar-refractivity contribution in [2.24, 2.45) is 0 Å². The van der Waals surface area contributed by atoms with Crippen LogP contribution < -0.4 is 10.9 Å². The van der Waals surface area contributed by atoms with Crippen molar-refractivity contribution in [3.8, 4) is 0 Å². The van der Waals surface area contributed by atoms with Gasteiger partial charge in [0.2, 0.25) is 5.91 Å². The third-order valence-corrected chi connectivity index (χ3v) is 5.05. The first kappa shape index (κ1) is 15.8. The van der Waals surface area contributed by atoms with Gasteiger partial charge in [-0.3, -0.25) is 14.2 Å². The van der Waals surface area contributed by atoms with Crippen LogP contribution in [0.4, 0.5) is 0 Å². The van der Waals surface area contributed by atoms with Crippen molar-refractivity contribution in [3.63, 3.8) is 0 Å². The summed E-state index contributed by atoms with van der Waals surface area (Å²) in [5.41, 5.74) is -0.276. The Morgan fingerprint density at radius 3 is 2.70 bits per heavy atom. The third kappa shape index (κ3) is 4.18. The Morgan fingerprint density at radius 1 is 1.40 bits per heavy atom. The number of aromatic nitrogens is 2. The van der Waals surface area contributed by atoms with Crippen LogP contribution in [0.15, 0.2) is 11.1 Å². The Kier molecular flexibility index (Phi) is 5.83. The van der Waals surface area contributed by atoms with Gasteiger partial charge >= 0.3 is 0 Å². The van der Waals surface area contributed by atoms with Crippen molar-refractivity contribution < 1.29 is 4.79 Å². The molecule has 1 aromatic rings. The largest absolute Gasteiger partial charge is 0.352 e. The molecule has 0 saturated heterocycles. The zero-order valence-electron chi connectivity index (χ0n) is 11.1. The van der Waals surface area contributed by atoms with Crippen molar-refractivity contribution >= 4 is 40.1 Å². The Morgan fingerprint density at radius 2 is 2.05 bits per heavy atom. The van der Waals surface area contributed by atoms with E-state index in [2.05, 4.69) is 10.3 Å². The third-order valence-electron chi connectivity index (χ3n) is 3.47. The lowest BCUT2D eigenvalue weighted by Crippen LogP contribution is -2.39. The number of halogens is 2. The van der Waals surface area contributed by atoms with E-state index in [0.29, 0.717) is 3.57 Å². The second kappa shape index (κ2) is 7.40. The Labute approximate surface area is 136 Å². The van der Waals surface area contributed by atoms with Gasteiger partial charge in [-0.1, -0.05) is 37.3 Å². The predicted octanol–water partition coefficient (Wildman–Crippen LogP) is 2.34. The second-order valence-electron chi connectivity index (χ2n) is 5.04. The first-order valence-corrected chi connectivity index (χ1v) is 8.23. The van der Waals surface area contributed by atoms with E-state index in [1.54, 1.807) is 0 Å². The number of rotatable bonds is 3. The minimum absolute atomic E-state index is 0.00446. The van der Waals surface area contributed by atoms with Crippen LogP contribution in [0.25, 0.3) is 0 Å². The molecule has 0 aromatic carbocycles. The molecule has 1 fully saturated rings. The maximum Gasteiger partial charge on any atom is 0.268 e. The molecule has 2 rings (SSSR count). The molecular formula is C13H17ClIN3O2. The number of amides is 1. The minimum Gasteiger partial charge on any atom is -0.352 e. The lowest BCUT2D eigenvalue weighted by molar-refractivity contribution is -0.122. The quantitative estimate of drug-likeness (QED) is 0.473. The number of hydrogen-bond donors (Lipinski definition) is 1. The molecule has 0 bridgehead atoms. The average molecular weight is 410 g/mol. The van der Waals surface area contributed by atoms with Crippen molar-refractivity contribution in [1.29, 1.82) is 0 Å². The van der Waals surface area contributed by atoms with Gasteiger partial charge in [-0.15, -0.1) is 0 Å². The summed E-state index contributed by atoms with van der Waals surface area (Å²) >= 11 is 7.61. The van der Waals surface area contributed by atoms with Crippen LogP contribution in [0.1, 0.15) is 38.5 Å². The van der Waals surface area contributed by atoms with Gasteiger partial charge in [0.25, 0.3) is 5.56 Å². The normalized spacial score (nSPS) is 16.7. The lowest BCUT2D eigenvalue weighted by Gasteiger charge is -2.16. The summed E-state index contributed by atoms with van der Waals surface area (Å²) in [6.07, 6.45) is 8.17. The van der Waals surface area contributed by atoms with E-state index in [0.717, 1.165) is 25.7 Å². The highest BCUT2D eigenvalue weighted by molar-refractivity contribution is 14.1. The van der Waals surface area contributed by atoms with Gasteiger partial charge in [0, 0.05) is 6.04 Å². The molecule has 0 radical (unpaired) electrons. The van der Waals surface area contributed by atoms with E-state index in [1.165, 1.54) is 23.7 Å². The first-order chi connectivity index (χ1) is 9.58. The zero-order chi connectivity index (χ0) is 14.5. The molecule has 5 nitrogen and oxygen atoms in total. The molecular weight excluding hydrogens is 393 g/mol. The highest BCUT2D eigenvalue weighted by atomic mass is 127. The zero-order valence-corrected chi connectivity index (χ0v) is 14.0. The van der Waals surface area contributed by atoms with Crippen molar-refractivity contribution in [3.05, 3.63) is 25.4 Å². The van der Waals surface area contributed by atoms with E-state index in [4.69, 9.17) is 11.6 Å². The van der Waals surface area contributed by atoms with Crippen molar-refractivity contribution in [2.45, 2.75) is 51.1 Å². The fourth-order valence-electron chi connectivity index (χ4n) is 2.41. The molecule has 7 heteroatoms. The monoisotopic (exact) mass is 409 g/mol. The van der Waals surface area contributed by atoms with Crippen molar-refractivity contribution in [1.82, 2.24) is 14.9 Å². The molecule has 20 heavy (non-hydrogen) atoms. The summed E-state index contributed by atoms with van der Waals surface area (Å²) in [5.74, 6) is -0.140. The molecule has 1 amide bonds. The van der Waals surface area contributed by atoms with Crippen molar-refractivity contribution in [2.75, 3.05) is 0 Å². The highest BCUT2D eigenvalue weighted by Crippen LogP contribution is 2.17. The molecule has 0 atom stereocenters. The van der Waals surface area contributed by atoms with Crippen LogP contribution in [0, 0.1) is 3.57 Å². The molecule has 0 unspecified atom stereocenters. The Bertz CT molecular complexity index is 539. The number of nitrogens with one attached hydrogen (secondary N) is 1. The van der Waals surface area contributed by atoms with Gasteiger partial charge in [0.05, 0.1) is 6.33 Å². The topological polar surface area (TPSA) is 64.0 Å². The van der Waals surface area contributed by atoms with Gasteiger partial charge in [-0.05, 0) is 35.4 Å². The van der Waals surface area contributed by atoms with E-state index in [-0.39, 0.29) is 29.2 Å². The number of hydrogen-bond acceptors (Lipinski definition) is 3. The molecule has 0 aliphatic heterocycles. The number of carbonyl (C=O) groups is 1. The summed E-state index contributed by atoms with van der Waals surface area (Å²) in [6, 6.07) is 0.236. The van der Waals surface area contributed by atoms with Gasteiger partial charge in [0.1, 0.15) is 15.3 Å². The van der Waals surface area contributed by atoms with Crippen LogP contribution in [0.3, 0.4) is 0 Å². The second-order valence-corrected chi connectivity index (χ2v) is 6.48. The molecule has 0 spiro atoms. The molecule has 1 aliphatic carbocycles. The summed E-state index contributed by atoms with van der Waals surface area (Å²) in [5, 5.41) is 3.18. The average Bonchev–Trinajstić information content (AvgIpc) is 2.68. The molecule has 110 valence electrons. The minimum atomic E-state index is -0.276. The summed E-state index contributed by atoms with van der Waals surface area (Å²) in [4.78, 5) is 27.8. The Balaban J connectivity index is 1.97. The van der Waals surface area contributed by atoms with E-state index in [9.17, 15) is 9.59 Å². The fraction of sp³-hybridized carbons (Fsp3) is 0.615. The van der Waals surface area contributed by atoms with Gasteiger partial charge < -0.3 is 5.32 Å². The highest BCUT2D eigenvalue weighted by Gasteiger charge is 2.16. The first-order valence-electron chi connectivity index (χ1n) is 6.77. The summed E-state index contributed by atoms with van der Waals surface area (Å²) in [7, 11) is 0. The predicted molar refractivity (Wildman–Crippen MR) is 85.9 cm³/mol. The summed E-state index contributed by atoms with van der Waals surface area (Å²) in [6.45, 7) is -0.00446. The standard InChI is InChI=1S/C13H17ClIN3O2/c14-12-11(15)13(20)18(8-16-12)7-10(19)17-9-5-3-1-2-4-6-9/h8-9H,1-7H2,(H,17,19). The maximum atomic E-state index is 12.0. The molecule has 1 aliphatic rings. The van der Waals surface area contributed by atoms with Crippen LogP contribution >= 0.6 is 34.2 Å². The van der Waals surface area contributed by atoms with Crippen LogP contribution in [-0.2, 0) is 11.3 Å². The SMILES string of the molecule is O=C(Cn1cnc(Cl)c(I)c1=O)NC1CCCCCC1. The van der Waals surface area contributed by atoms with E-state index < -0.39 is 0 Å². The molecule has 1 aromatic heterocycles. The lowest BCUT2D eigenvalue weighted by atomic mass is 10.1. The van der Waals surface area contributed by atoms with Crippen LogP contribution in [0.2, 0.25) is 5.15 Å². The fourth-order valence-corrected chi connectivity index (χ4v) is 2.98. The molecule has 1 N–H and O–H groups in total. The molecule has 1 saturated carbocycles. The van der Waals surface area contributed by atoms with Crippen LogP contribution in [0.5, 0.6) is 0 Å². The number of nitrogens with zero attached hydrogens (tertiary/aromatic N) is 2. The smallest absolute Gasteiger partial charge is 0.268 e. The summed E-state index contributed by atoms with van der Waals surface area (Å²) < 4.78 is 1.63. The van der Waals surface area contributed by atoms with Gasteiger partial charge in [-0.25, -0.2) is 4.98 Å². The van der Waals surface area contributed by atoms with E-state index >= 15 is 0 Å². The molecule has 1 heterocycles. The van der Waals surface area contributed by atoms with E-state index in [1.807, 2.05) is 22.6 Å². The van der Waals surface area contributed by atoms with Gasteiger partial charge in [-0.2, -0.15) is 0 Å². The maximum absolute atomic E-state index is 12.0.